The highest BCUT2D eigenvalue weighted by molar-refractivity contribution is 5.33. The first kappa shape index (κ1) is 15.3. The number of hydrogen-bond donors (Lipinski definition) is 2. The first-order chi connectivity index (χ1) is 9.62. The van der Waals surface area contributed by atoms with E-state index in [0.29, 0.717) is 11.8 Å². The molecule has 1 aliphatic rings. The normalized spacial score (nSPS) is 26.9. The summed E-state index contributed by atoms with van der Waals surface area (Å²) in [6, 6.07) is 8.49. The van der Waals surface area contributed by atoms with Gasteiger partial charge in [0.2, 0.25) is 0 Å². The van der Waals surface area contributed by atoms with E-state index >= 15 is 0 Å². The Kier molecular flexibility index (Phi) is 5.06. The molecule has 1 aromatic rings. The van der Waals surface area contributed by atoms with Crippen LogP contribution in [0, 0.1) is 0 Å². The number of benzene rings is 1. The smallest absolute Gasteiger partial charge is 0.115 e. The lowest BCUT2D eigenvalue weighted by Crippen LogP contribution is -2.49. The highest BCUT2D eigenvalue weighted by atomic mass is 16.3. The van der Waals surface area contributed by atoms with Crippen LogP contribution in [0.2, 0.25) is 0 Å². The van der Waals surface area contributed by atoms with E-state index in [1.54, 1.807) is 6.07 Å². The summed E-state index contributed by atoms with van der Waals surface area (Å²) in [6.45, 7) is 3.33. The Balaban J connectivity index is 2.30. The average Bonchev–Trinajstić information content (AvgIpc) is 2.47. The van der Waals surface area contributed by atoms with Crippen molar-refractivity contribution in [3.05, 3.63) is 29.8 Å². The van der Waals surface area contributed by atoms with Gasteiger partial charge in [-0.15, -0.1) is 0 Å². The number of rotatable bonds is 5. The molecule has 0 aromatic heterocycles. The zero-order valence-electron chi connectivity index (χ0n) is 13.0. The van der Waals surface area contributed by atoms with Crippen LogP contribution < -0.4 is 5.32 Å². The van der Waals surface area contributed by atoms with Crippen LogP contribution in [-0.4, -0.2) is 36.7 Å². The van der Waals surface area contributed by atoms with Gasteiger partial charge in [0.15, 0.2) is 0 Å². The summed E-state index contributed by atoms with van der Waals surface area (Å²) >= 11 is 0. The third-order valence-corrected chi connectivity index (χ3v) is 4.89. The van der Waals surface area contributed by atoms with Gasteiger partial charge in [0.25, 0.3) is 0 Å². The summed E-state index contributed by atoms with van der Waals surface area (Å²) in [4.78, 5) is 2.49. The van der Waals surface area contributed by atoms with Crippen molar-refractivity contribution in [2.75, 3.05) is 20.6 Å². The van der Waals surface area contributed by atoms with Crippen LogP contribution in [0.5, 0.6) is 5.75 Å². The molecule has 1 fully saturated rings. The maximum Gasteiger partial charge on any atom is 0.115 e. The van der Waals surface area contributed by atoms with Gasteiger partial charge in [-0.3, -0.25) is 4.90 Å². The zero-order chi connectivity index (χ0) is 14.6. The number of aromatic hydroxyl groups is 1. The second-order valence-corrected chi connectivity index (χ2v) is 6.07. The molecule has 2 N–H and O–H groups in total. The Morgan fingerprint density at radius 2 is 2.05 bits per heavy atom. The van der Waals surface area contributed by atoms with Gasteiger partial charge in [-0.2, -0.15) is 0 Å². The standard InChI is InChI=1S/C17H28N2O/c1-4-12-19(3)17(10-8-15(18-2)9-11-17)14-6-5-7-16(20)13-14/h5-7,13,15,18,20H,4,8-12H2,1-3H3. The molecule has 0 amide bonds. The monoisotopic (exact) mass is 276 g/mol. The van der Waals surface area contributed by atoms with E-state index in [2.05, 4.69) is 37.3 Å². The maximum atomic E-state index is 9.84. The summed E-state index contributed by atoms with van der Waals surface area (Å²) < 4.78 is 0. The van der Waals surface area contributed by atoms with Gasteiger partial charge < -0.3 is 10.4 Å². The lowest BCUT2D eigenvalue weighted by molar-refractivity contribution is 0.0628. The zero-order valence-corrected chi connectivity index (χ0v) is 13.0. The molecule has 112 valence electrons. The molecule has 0 spiro atoms. The van der Waals surface area contributed by atoms with E-state index in [9.17, 15) is 5.11 Å². The number of phenolic OH excluding ortho intramolecular Hbond substituents is 1. The van der Waals surface area contributed by atoms with Crippen molar-refractivity contribution in [3.8, 4) is 5.75 Å². The number of hydrogen-bond acceptors (Lipinski definition) is 3. The first-order valence-electron chi connectivity index (χ1n) is 7.80. The fourth-order valence-corrected chi connectivity index (χ4v) is 3.62. The fourth-order valence-electron chi connectivity index (χ4n) is 3.62. The Morgan fingerprint density at radius 1 is 1.35 bits per heavy atom. The SMILES string of the molecule is CCCN(C)C1(c2cccc(O)c2)CCC(NC)CC1. The van der Waals surface area contributed by atoms with Crippen LogP contribution in [0.1, 0.15) is 44.6 Å². The van der Waals surface area contributed by atoms with E-state index in [4.69, 9.17) is 0 Å². The third kappa shape index (κ3) is 2.99. The molecular weight excluding hydrogens is 248 g/mol. The Morgan fingerprint density at radius 3 is 2.60 bits per heavy atom. The third-order valence-electron chi connectivity index (χ3n) is 4.89. The quantitative estimate of drug-likeness (QED) is 0.867. The Bertz CT molecular complexity index is 425. The molecule has 0 aliphatic heterocycles. The van der Waals surface area contributed by atoms with Crippen LogP contribution in [0.15, 0.2) is 24.3 Å². The van der Waals surface area contributed by atoms with Crippen LogP contribution in [0.25, 0.3) is 0 Å². The minimum atomic E-state index is 0.0854. The highest BCUT2D eigenvalue weighted by Crippen LogP contribution is 2.42. The van der Waals surface area contributed by atoms with Crippen LogP contribution >= 0.6 is 0 Å². The van der Waals surface area contributed by atoms with Gasteiger partial charge in [-0.1, -0.05) is 19.1 Å². The molecule has 0 unspecified atom stereocenters. The minimum absolute atomic E-state index is 0.0854. The first-order valence-corrected chi connectivity index (χ1v) is 7.80. The van der Waals surface area contributed by atoms with Crippen molar-refractivity contribution < 1.29 is 5.11 Å². The largest absolute Gasteiger partial charge is 0.508 e. The van der Waals surface area contributed by atoms with E-state index in [1.165, 1.54) is 18.4 Å². The van der Waals surface area contributed by atoms with Gasteiger partial charge in [0.1, 0.15) is 5.75 Å². The van der Waals surface area contributed by atoms with Crippen molar-refractivity contribution >= 4 is 0 Å². The van der Waals surface area contributed by atoms with Crippen molar-refractivity contribution in [1.82, 2.24) is 10.2 Å². The van der Waals surface area contributed by atoms with Gasteiger partial charge in [-0.05, 0) is 70.4 Å². The molecule has 1 aromatic carbocycles. The van der Waals surface area contributed by atoms with E-state index in [0.717, 1.165) is 25.8 Å². The number of phenols is 1. The predicted molar refractivity (Wildman–Crippen MR) is 84.0 cm³/mol. The molecule has 2 rings (SSSR count). The molecule has 1 saturated carbocycles. The van der Waals surface area contributed by atoms with Crippen LogP contribution in [-0.2, 0) is 5.54 Å². The highest BCUT2D eigenvalue weighted by Gasteiger charge is 2.39. The Hall–Kier alpha value is -1.06. The molecule has 0 saturated heterocycles. The van der Waals surface area contributed by atoms with Crippen molar-refractivity contribution in [3.63, 3.8) is 0 Å². The second-order valence-electron chi connectivity index (χ2n) is 6.07. The maximum absolute atomic E-state index is 9.84. The van der Waals surface area contributed by atoms with Gasteiger partial charge in [-0.25, -0.2) is 0 Å². The average molecular weight is 276 g/mol. The number of nitrogens with zero attached hydrogens (tertiary/aromatic N) is 1. The van der Waals surface area contributed by atoms with Gasteiger partial charge in [0.05, 0.1) is 0 Å². The minimum Gasteiger partial charge on any atom is -0.508 e. The molecule has 0 radical (unpaired) electrons. The summed E-state index contributed by atoms with van der Waals surface area (Å²) in [5, 5.41) is 13.2. The molecule has 1 aliphatic carbocycles. The molecule has 0 heterocycles. The molecule has 3 heteroatoms. The van der Waals surface area contributed by atoms with Crippen molar-refractivity contribution in [2.24, 2.45) is 0 Å². The number of nitrogens with one attached hydrogen (secondary N) is 1. The van der Waals surface area contributed by atoms with E-state index in [-0.39, 0.29) is 5.54 Å². The summed E-state index contributed by atoms with van der Waals surface area (Å²) in [5.41, 5.74) is 1.35. The molecule has 0 bridgehead atoms. The summed E-state index contributed by atoms with van der Waals surface area (Å²) in [6.07, 6.45) is 5.85. The van der Waals surface area contributed by atoms with Gasteiger partial charge >= 0.3 is 0 Å². The van der Waals surface area contributed by atoms with E-state index in [1.807, 2.05) is 12.1 Å². The molecule has 3 nitrogen and oxygen atoms in total. The summed E-state index contributed by atoms with van der Waals surface area (Å²) in [7, 11) is 4.29. The van der Waals surface area contributed by atoms with Gasteiger partial charge in [0, 0.05) is 11.6 Å². The van der Waals surface area contributed by atoms with Crippen LogP contribution in [0.4, 0.5) is 0 Å². The topological polar surface area (TPSA) is 35.5 Å². The van der Waals surface area contributed by atoms with Crippen molar-refractivity contribution in [1.29, 1.82) is 0 Å². The fraction of sp³-hybridized carbons (Fsp3) is 0.647. The van der Waals surface area contributed by atoms with Crippen molar-refractivity contribution in [2.45, 2.75) is 50.6 Å². The Labute approximate surface area is 123 Å². The predicted octanol–water partition coefficient (Wildman–Crippen LogP) is 3.09. The summed E-state index contributed by atoms with van der Waals surface area (Å²) in [5.74, 6) is 0.377. The van der Waals surface area contributed by atoms with Crippen LogP contribution in [0.3, 0.4) is 0 Å². The molecule has 0 atom stereocenters. The van der Waals surface area contributed by atoms with E-state index < -0.39 is 0 Å². The lowest BCUT2D eigenvalue weighted by atomic mass is 9.73. The lowest BCUT2D eigenvalue weighted by Gasteiger charge is -2.47. The molecular formula is C17H28N2O. The second kappa shape index (κ2) is 6.59. The molecule has 20 heavy (non-hydrogen) atoms.